The summed E-state index contributed by atoms with van der Waals surface area (Å²) in [5.74, 6) is 0.394. The van der Waals surface area contributed by atoms with E-state index in [-0.39, 0.29) is 0 Å². The summed E-state index contributed by atoms with van der Waals surface area (Å²) >= 11 is 0. The highest BCUT2D eigenvalue weighted by Crippen LogP contribution is 2.30. The molecule has 0 aliphatic carbocycles. The van der Waals surface area contributed by atoms with Crippen LogP contribution >= 0.6 is 0 Å². The van der Waals surface area contributed by atoms with Crippen molar-refractivity contribution in [1.29, 1.82) is 0 Å². The Balaban J connectivity index is 1.46. The molecule has 2 aromatic carbocycles. The van der Waals surface area contributed by atoms with Crippen molar-refractivity contribution in [3.05, 3.63) is 83.4 Å². The van der Waals surface area contributed by atoms with Crippen LogP contribution < -0.4 is 0 Å². The van der Waals surface area contributed by atoms with Crippen molar-refractivity contribution in [2.75, 3.05) is 12.8 Å². The molecular formula is C22H25N3O2S. The molecule has 4 rings (SSSR count). The quantitative estimate of drug-likeness (QED) is 0.693. The van der Waals surface area contributed by atoms with Gasteiger partial charge in [-0.15, -0.1) is 0 Å². The lowest BCUT2D eigenvalue weighted by atomic mass is 9.91. The van der Waals surface area contributed by atoms with Gasteiger partial charge in [0.25, 0.3) is 0 Å². The fraction of sp³-hybridized carbons (Fsp3) is 0.318. The molecular weight excluding hydrogens is 370 g/mol. The molecule has 0 spiro atoms. The van der Waals surface area contributed by atoms with Crippen molar-refractivity contribution < 1.29 is 8.42 Å². The highest BCUT2D eigenvalue weighted by atomic mass is 32.2. The average molecular weight is 396 g/mol. The first-order chi connectivity index (χ1) is 13.5. The van der Waals surface area contributed by atoms with Gasteiger partial charge in [-0.2, -0.15) is 0 Å². The predicted molar refractivity (Wildman–Crippen MR) is 110 cm³/mol. The molecule has 0 fully saturated rings. The van der Waals surface area contributed by atoms with Crippen LogP contribution in [0, 0.1) is 0 Å². The molecule has 1 unspecified atom stereocenters. The average Bonchev–Trinajstić information content (AvgIpc) is 3.15. The van der Waals surface area contributed by atoms with E-state index in [4.69, 9.17) is 0 Å². The Morgan fingerprint density at radius 2 is 1.82 bits per heavy atom. The molecule has 5 nitrogen and oxygen atoms in total. The second-order valence-corrected chi connectivity index (χ2v) is 9.59. The molecule has 1 atom stereocenters. The zero-order valence-corrected chi connectivity index (χ0v) is 16.8. The maximum Gasteiger partial charge on any atom is 0.175 e. The van der Waals surface area contributed by atoms with E-state index in [1.807, 2.05) is 18.2 Å². The second-order valence-electron chi connectivity index (χ2n) is 7.57. The van der Waals surface area contributed by atoms with Crippen molar-refractivity contribution in [1.82, 2.24) is 14.9 Å². The van der Waals surface area contributed by atoms with Gasteiger partial charge in [-0.3, -0.25) is 4.90 Å². The van der Waals surface area contributed by atoms with Crippen molar-refractivity contribution in [3.8, 4) is 0 Å². The van der Waals surface area contributed by atoms with Crippen LogP contribution in [0.4, 0.5) is 0 Å². The van der Waals surface area contributed by atoms with E-state index in [0.717, 1.165) is 38.0 Å². The molecule has 6 heteroatoms. The highest BCUT2D eigenvalue weighted by molar-refractivity contribution is 7.90. The van der Waals surface area contributed by atoms with E-state index in [1.165, 1.54) is 23.2 Å². The van der Waals surface area contributed by atoms with Crippen molar-refractivity contribution >= 4 is 9.84 Å². The van der Waals surface area contributed by atoms with Gasteiger partial charge in [-0.1, -0.05) is 42.5 Å². The number of aryl methyl sites for hydroxylation is 1. The SMILES string of the molecule is CS(=O)(=O)c1ccc(CN2Cc3[nH]cnc3C(CCc3ccccc3)C2)cc1. The molecule has 0 amide bonds. The summed E-state index contributed by atoms with van der Waals surface area (Å²) in [4.78, 5) is 10.7. The van der Waals surface area contributed by atoms with Gasteiger partial charge in [0.15, 0.2) is 9.84 Å². The zero-order chi connectivity index (χ0) is 19.6. The summed E-state index contributed by atoms with van der Waals surface area (Å²) in [7, 11) is -3.15. The molecule has 0 radical (unpaired) electrons. The molecule has 0 bridgehead atoms. The standard InChI is InChI=1S/C22H25N3O2S/c1-28(26,27)20-11-8-18(9-12-20)13-25-14-19(22-21(15-25)23-16-24-22)10-7-17-5-3-2-4-6-17/h2-6,8-9,11-12,16,19H,7,10,13-15H2,1H3,(H,23,24). The third-order valence-corrected chi connectivity index (χ3v) is 6.51. The van der Waals surface area contributed by atoms with E-state index in [2.05, 4.69) is 39.1 Å². The number of benzene rings is 2. The third-order valence-electron chi connectivity index (χ3n) is 5.38. The van der Waals surface area contributed by atoms with Gasteiger partial charge in [0.1, 0.15) is 0 Å². The Hall–Kier alpha value is -2.44. The predicted octanol–water partition coefficient (Wildman–Crippen LogP) is 3.55. The van der Waals surface area contributed by atoms with Crippen LogP contribution in [0.25, 0.3) is 0 Å². The molecule has 1 aliphatic rings. The van der Waals surface area contributed by atoms with Crippen LogP contribution in [0.1, 0.15) is 34.9 Å². The minimum Gasteiger partial charge on any atom is -0.347 e. The Bertz CT molecular complexity index is 1030. The number of imidazole rings is 1. The second kappa shape index (κ2) is 7.89. The summed E-state index contributed by atoms with van der Waals surface area (Å²) in [5, 5.41) is 0. The number of aromatic amines is 1. The zero-order valence-electron chi connectivity index (χ0n) is 16.0. The van der Waals surface area contributed by atoms with E-state index >= 15 is 0 Å². The van der Waals surface area contributed by atoms with Crippen LogP contribution in [-0.4, -0.2) is 36.1 Å². The molecule has 1 N–H and O–H groups in total. The van der Waals surface area contributed by atoms with Crippen molar-refractivity contribution in [3.63, 3.8) is 0 Å². The summed E-state index contributed by atoms with van der Waals surface area (Å²) in [6, 6.07) is 17.8. The van der Waals surface area contributed by atoms with E-state index in [1.54, 1.807) is 18.5 Å². The Kier molecular flexibility index (Phi) is 5.33. The highest BCUT2D eigenvalue weighted by Gasteiger charge is 2.27. The maximum atomic E-state index is 11.7. The summed E-state index contributed by atoms with van der Waals surface area (Å²) < 4.78 is 23.3. The van der Waals surface area contributed by atoms with Crippen LogP contribution in [0.5, 0.6) is 0 Å². The largest absolute Gasteiger partial charge is 0.347 e. The number of hydrogen-bond acceptors (Lipinski definition) is 4. The lowest BCUT2D eigenvalue weighted by Gasteiger charge is -2.32. The van der Waals surface area contributed by atoms with Gasteiger partial charge >= 0.3 is 0 Å². The van der Waals surface area contributed by atoms with Gasteiger partial charge in [0.2, 0.25) is 0 Å². The van der Waals surface area contributed by atoms with Gasteiger partial charge in [0.05, 0.1) is 22.6 Å². The molecule has 28 heavy (non-hydrogen) atoms. The smallest absolute Gasteiger partial charge is 0.175 e. The van der Waals surface area contributed by atoms with E-state index < -0.39 is 9.84 Å². The van der Waals surface area contributed by atoms with Crippen LogP contribution in [0.2, 0.25) is 0 Å². The lowest BCUT2D eigenvalue weighted by molar-refractivity contribution is 0.213. The molecule has 146 valence electrons. The number of fused-ring (bicyclic) bond motifs is 1. The van der Waals surface area contributed by atoms with Gasteiger partial charge in [-0.05, 0) is 36.1 Å². The molecule has 0 saturated carbocycles. The number of aromatic nitrogens is 2. The van der Waals surface area contributed by atoms with Crippen LogP contribution in [-0.2, 0) is 29.3 Å². The number of H-pyrrole nitrogens is 1. The topological polar surface area (TPSA) is 66.1 Å². The molecule has 3 aromatic rings. The number of rotatable bonds is 6. The monoisotopic (exact) mass is 395 g/mol. The van der Waals surface area contributed by atoms with Gasteiger partial charge in [0, 0.05) is 31.8 Å². The molecule has 1 aromatic heterocycles. The number of sulfone groups is 1. The Morgan fingerprint density at radius 1 is 1.07 bits per heavy atom. The molecule has 2 heterocycles. The Morgan fingerprint density at radius 3 is 2.54 bits per heavy atom. The number of nitrogens with one attached hydrogen (secondary N) is 1. The molecule has 1 aliphatic heterocycles. The number of nitrogens with zero attached hydrogens (tertiary/aromatic N) is 2. The van der Waals surface area contributed by atoms with Gasteiger partial charge in [-0.25, -0.2) is 13.4 Å². The first-order valence-electron chi connectivity index (χ1n) is 9.56. The minimum atomic E-state index is -3.15. The molecule has 0 saturated heterocycles. The third kappa shape index (κ3) is 4.34. The van der Waals surface area contributed by atoms with Crippen LogP contribution in [0.15, 0.2) is 65.8 Å². The minimum absolute atomic E-state index is 0.367. The summed E-state index contributed by atoms with van der Waals surface area (Å²) in [6.07, 6.45) is 5.13. The van der Waals surface area contributed by atoms with E-state index in [0.29, 0.717) is 10.8 Å². The lowest BCUT2D eigenvalue weighted by Crippen LogP contribution is -2.33. The van der Waals surface area contributed by atoms with Crippen LogP contribution in [0.3, 0.4) is 0 Å². The van der Waals surface area contributed by atoms with Crippen molar-refractivity contribution in [2.45, 2.75) is 36.7 Å². The van der Waals surface area contributed by atoms with Crippen molar-refractivity contribution in [2.24, 2.45) is 0 Å². The maximum absolute atomic E-state index is 11.7. The van der Waals surface area contributed by atoms with Gasteiger partial charge < -0.3 is 4.98 Å². The first-order valence-corrected chi connectivity index (χ1v) is 11.5. The summed E-state index contributed by atoms with van der Waals surface area (Å²) in [6.45, 7) is 2.59. The summed E-state index contributed by atoms with van der Waals surface area (Å²) in [5.41, 5.74) is 4.86. The number of hydrogen-bond donors (Lipinski definition) is 1. The fourth-order valence-electron chi connectivity index (χ4n) is 3.93. The fourth-order valence-corrected chi connectivity index (χ4v) is 4.56. The first kappa shape index (κ1) is 18.9. The van der Waals surface area contributed by atoms with E-state index in [9.17, 15) is 8.42 Å². The Labute approximate surface area is 166 Å². The normalized spacial score (nSPS) is 17.4.